The van der Waals surface area contributed by atoms with Gasteiger partial charge in [0.25, 0.3) is 5.91 Å². The van der Waals surface area contributed by atoms with Gasteiger partial charge < -0.3 is 15.0 Å². The number of amides is 1. The van der Waals surface area contributed by atoms with Crippen molar-refractivity contribution in [2.24, 2.45) is 0 Å². The monoisotopic (exact) mass is 429 g/mol. The van der Waals surface area contributed by atoms with E-state index in [9.17, 15) is 13.2 Å². The van der Waals surface area contributed by atoms with Crippen LogP contribution in [0.25, 0.3) is 0 Å². The van der Waals surface area contributed by atoms with Crippen molar-refractivity contribution in [2.75, 3.05) is 49.6 Å². The maximum absolute atomic E-state index is 12.9. The molecule has 2 fully saturated rings. The number of nitrogens with one attached hydrogen (secondary N) is 1. The predicted octanol–water partition coefficient (Wildman–Crippen LogP) is 2.87. The number of morpholine rings is 1. The number of hydrogen-bond acceptors (Lipinski definition) is 5. The molecule has 0 aromatic heterocycles. The summed E-state index contributed by atoms with van der Waals surface area (Å²) in [5, 5.41) is 2.89. The van der Waals surface area contributed by atoms with Crippen LogP contribution in [0.4, 0.5) is 11.4 Å². The molecule has 2 aromatic rings. The number of carbonyl (C=O) groups is 1. The Morgan fingerprint density at radius 3 is 2.30 bits per heavy atom. The molecule has 0 saturated carbocycles. The Balaban J connectivity index is 1.50. The van der Waals surface area contributed by atoms with Crippen LogP contribution in [0, 0.1) is 6.92 Å². The molecule has 0 aliphatic carbocycles. The van der Waals surface area contributed by atoms with Gasteiger partial charge in [-0.25, -0.2) is 8.42 Å². The molecule has 2 aliphatic rings. The summed E-state index contributed by atoms with van der Waals surface area (Å²) in [6.45, 7) is 6.01. The van der Waals surface area contributed by atoms with E-state index in [1.54, 1.807) is 12.1 Å². The smallest absolute Gasteiger partial charge is 0.255 e. The van der Waals surface area contributed by atoms with E-state index in [4.69, 9.17) is 4.74 Å². The average Bonchev–Trinajstić information content (AvgIpc) is 3.31. The van der Waals surface area contributed by atoms with E-state index in [1.165, 1.54) is 10.4 Å². The molecule has 1 N–H and O–H groups in total. The number of aryl methyl sites for hydroxylation is 1. The van der Waals surface area contributed by atoms with Gasteiger partial charge in [-0.15, -0.1) is 0 Å². The fraction of sp³-hybridized carbons (Fsp3) is 0.409. The van der Waals surface area contributed by atoms with Crippen LogP contribution in [-0.4, -0.2) is 58.0 Å². The molecule has 0 radical (unpaired) electrons. The second kappa shape index (κ2) is 8.75. The van der Waals surface area contributed by atoms with Crippen LogP contribution in [0.3, 0.4) is 0 Å². The van der Waals surface area contributed by atoms with Gasteiger partial charge in [0.05, 0.1) is 18.1 Å². The third-order valence-corrected chi connectivity index (χ3v) is 7.55. The number of sulfonamides is 1. The second-order valence-corrected chi connectivity index (χ2v) is 9.63. The third kappa shape index (κ3) is 4.35. The van der Waals surface area contributed by atoms with Crippen molar-refractivity contribution in [3.8, 4) is 0 Å². The van der Waals surface area contributed by atoms with Crippen molar-refractivity contribution in [1.82, 2.24) is 4.31 Å². The Labute approximate surface area is 177 Å². The zero-order valence-corrected chi connectivity index (χ0v) is 18.0. The Bertz CT molecular complexity index is 1010. The summed E-state index contributed by atoms with van der Waals surface area (Å²) in [6.07, 6.45) is 1.75. The van der Waals surface area contributed by atoms with Crippen LogP contribution >= 0.6 is 0 Å². The lowest BCUT2D eigenvalue weighted by Crippen LogP contribution is -2.36. The molecule has 2 heterocycles. The maximum atomic E-state index is 12.9. The van der Waals surface area contributed by atoms with Crippen LogP contribution < -0.4 is 10.2 Å². The van der Waals surface area contributed by atoms with Gasteiger partial charge in [-0.05, 0) is 61.7 Å². The topological polar surface area (TPSA) is 79.0 Å². The Kier molecular flexibility index (Phi) is 6.08. The van der Waals surface area contributed by atoms with Gasteiger partial charge in [0.2, 0.25) is 10.0 Å². The van der Waals surface area contributed by atoms with E-state index in [1.807, 2.05) is 31.2 Å². The molecule has 4 rings (SSSR count). The normalized spacial score (nSPS) is 17.8. The van der Waals surface area contributed by atoms with Crippen molar-refractivity contribution >= 4 is 27.3 Å². The standard InChI is InChI=1S/C22H27N3O4S/c1-17-4-9-20(30(27,28)25-10-2-3-11-25)16-21(17)22(26)23-18-5-7-19(8-6-18)24-12-14-29-15-13-24/h4-9,16H,2-3,10-15H2,1H3,(H,23,26). The van der Waals surface area contributed by atoms with Crippen LogP contribution in [0.15, 0.2) is 47.4 Å². The van der Waals surface area contributed by atoms with Crippen LogP contribution in [-0.2, 0) is 14.8 Å². The quantitative estimate of drug-likeness (QED) is 0.791. The Morgan fingerprint density at radius 1 is 0.967 bits per heavy atom. The molecule has 1 amide bonds. The molecule has 0 atom stereocenters. The zero-order valence-electron chi connectivity index (χ0n) is 17.1. The lowest BCUT2D eigenvalue weighted by Gasteiger charge is -2.28. The van der Waals surface area contributed by atoms with Crippen molar-refractivity contribution in [1.29, 1.82) is 0 Å². The summed E-state index contributed by atoms with van der Waals surface area (Å²) in [5.74, 6) is -0.315. The molecule has 8 heteroatoms. The van der Waals surface area contributed by atoms with Gasteiger partial charge in [-0.1, -0.05) is 6.07 Å². The summed E-state index contributed by atoms with van der Waals surface area (Å²) < 4.78 is 32.6. The summed E-state index contributed by atoms with van der Waals surface area (Å²) in [4.78, 5) is 15.3. The van der Waals surface area contributed by atoms with Crippen molar-refractivity contribution in [3.63, 3.8) is 0 Å². The highest BCUT2D eigenvalue weighted by molar-refractivity contribution is 7.89. The number of hydrogen-bond donors (Lipinski definition) is 1. The summed E-state index contributed by atoms with van der Waals surface area (Å²) in [5.41, 5.74) is 2.86. The van der Waals surface area contributed by atoms with E-state index in [0.29, 0.717) is 37.6 Å². The van der Waals surface area contributed by atoms with Crippen LogP contribution in [0.1, 0.15) is 28.8 Å². The lowest BCUT2D eigenvalue weighted by molar-refractivity contribution is 0.102. The average molecular weight is 430 g/mol. The van der Waals surface area contributed by atoms with E-state index < -0.39 is 10.0 Å². The Morgan fingerprint density at radius 2 is 1.63 bits per heavy atom. The molecule has 2 aromatic carbocycles. The number of carbonyl (C=O) groups excluding carboxylic acids is 1. The fourth-order valence-corrected chi connectivity index (χ4v) is 5.40. The number of benzene rings is 2. The summed E-state index contributed by atoms with van der Waals surface area (Å²) in [6, 6.07) is 12.4. The third-order valence-electron chi connectivity index (χ3n) is 5.66. The molecule has 0 spiro atoms. The highest BCUT2D eigenvalue weighted by Crippen LogP contribution is 2.24. The minimum atomic E-state index is -3.56. The van der Waals surface area contributed by atoms with Gasteiger partial charge in [-0.2, -0.15) is 4.31 Å². The van der Waals surface area contributed by atoms with Gasteiger partial charge in [0.1, 0.15) is 0 Å². The molecule has 0 bridgehead atoms. The number of ether oxygens (including phenoxy) is 1. The lowest BCUT2D eigenvalue weighted by atomic mass is 10.1. The van der Waals surface area contributed by atoms with Gasteiger partial charge >= 0.3 is 0 Å². The van der Waals surface area contributed by atoms with Gasteiger partial charge in [0, 0.05) is 43.1 Å². The molecule has 2 aliphatic heterocycles. The number of anilines is 2. The SMILES string of the molecule is Cc1ccc(S(=O)(=O)N2CCCC2)cc1C(=O)Nc1ccc(N2CCOCC2)cc1. The summed E-state index contributed by atoms with van der Waals surface area (Å²) in [7, 11) is -3.56. The fourth-order valence-electron chi connectivity index (χ4n) is 3.86. The van der Waals surface area contributed by atoms with E-state index in [-0.39, 0.29) is 10.8 Å². The summed E-state index contributed by atoms with van der Waals surface area (Å²) >= 11 is 0. The first kappa shape index (κ1) is 20.8. The van der Waals surface area contributed by atoms with Crippen LogP contribution in [0.2, 0.25) is 0 Å². The van der Waals surface area contributed by atoms with Gasteiger partial charge in [-0.3, -0.25) is 4.79 Å². The highest BCUT2D eigenvalue weighted by atomic mass is 32.2. The highest BCUT2D eigenvalue weighted by Gasteiger charge is 2.28. The minimum absolute atomic E-state index is 0.169. The molecular weight excluding hydrogens is 402 g/mol. The van der Waals surface area contributed by atoms with Crippen LogP contribution in [0.5, 0.6) is 0 Å². The van der Waals surface area contributed by atoms with Gasteiger partial charge in [0.15, 0.2) is 0 Å². The Hall–Kier alpha value is -2.42. The van der Waals surface area contributed by atoms with E-state index >= 15 is 0 Å². The maximum Gasteiger partial charge on any atom is 0.255 e. The number of nitrogens with zero attached hydrogens (tertiary/aromatic N) is 2. The van der Waals surface area contributed by atoms with E-state index in [0.717, 1.165) is 37.2 Å². The first-order valence-electron chi connectivity index (χ1n) is 10.3. The largest absolute Gasteiger partial charge is 0.378 e. The zero-order chi connectivity index (χ0) is 21.1. The molecule has 160 valence electrons. The minimum Gasteiger partial charge on any atom is -0.378 e. The van der Waals surface area contributed by atoms with Crippen molar-refractivity contribution in [3.05, 3.63) is 53.6 Å². The molecule has 30 heavy (non-hydrogen) atoms. The molecule has 2 saturated heterocycles. The second-order valence-electron chi connectivity index (χ2n) is 7.69. The van der Waals surface area contributed by atoms with Crippen molar-refractivity contribution < 1.29 is 17.9 Å². The number of rotatable bonds is 5. The molecular formula is C22H27N3O4S. The molecule has 7 nitrogen and oxygen atoms in total. The van der Waals surface area contributed by atoms with Crippen molar-refractivity contribution in [2.45, 2.75) is 24.7 Å². The predicted molar refractivity (Wildman–Crippen MR) is 117 cm³/mol. The molecule has 0 unspecified atom stereocenters. The first-order valence-corrected chi connectivity index (χ1v) is 11.7. The first-order chi connectivity index (χ1) is 14.4. The van der Waals surface area contributed by atoms with E-state index in [2.05, 4.69) is 10.2 Å².